The molecule has 1 aromatic carbocycles. The number of benzene rings is 1. The predicted octanol–water partition coefficient (Wildman–Crippen LogP) is 1.12. The van der Waals surface area contributed by atoms with Crippen molar-refractivity contribution in [3.8, 4) is 0 Å². The number of nitrogens with zero attached hydrogens (tertiary/aromatic N) is 2. The smallest absolute Gasteiger partial charge is 0.373 e. The molecule has 0 aromatic heterocycles. The van der Waals surface area contributed by atoms with Gasteiger partial charge in [-0.2, -0.15) is 0 Å². The Labute approximate surface area is 95.9 Å². The van der Waals surface area contributed by atoms with E-state index in [1.807, 2.05) is 24.3 Å². The molecule has 6 heteroatoms. The standard InChI is InChI=1S/C10H15N2O3Si/c1-13-16(14-2,15-3)10-6-4-9(5-7-10)8-12-11/h4-7H,8H2,1-3H3/q+1. The summed E-state index contributed by atoms with van der Waals surface area (Å²) >= 11 is 0. The maximum absolute atomic E-state index is 8.45. The third-order valence-corrected chi connectivity index (χ3v) is 5.02. The number of diazo groups is 1. The van der Waals surface area contributed by atoms with Gasteiger partial charge in [-0.05, 0) is 0 Å². The topological polar surface area (TPSA) is 55.8 Å². The molecule has 1 aromatic rings. The summed E-state index contributed by atoms with van der Waals surface area (Å²) in [5.41, 5.74) is 0.914. The summed E-state index contributed by atoms with van der Waals surface area (Å²) in [5, 5.41) is 9.32. The van der Waals surface area contributed by atoms with Gasteiger partial charge in [0.25, 0.3) is 0 Å². The summed E-state index contributed by atoms with van der Waals surface area (Å²) in [6, 6.07) is 7.44. The van der Waals surface area contributed by atoms with Gasteiger partial charge in [-0.3, -0.25) is 0 Å². The molecule has 0 N–H and O–H groups in total. The van der Waals surface area contributed by atoms with Crippen LogP contribution in [0.2, 0.25) is 0 Å². The second kappa shape index (κ2) is 5.72. The van der Waals surface area contributed by atoms with Gasteiger partial charge in [0.05, 0.1) is 0 Å². The van der Waals surface area contributed by atoms with Crippen LogP contribution in [0.15, 0.2) is 24.3 Å². The van der Waals surface area contributed by atoms with E-state index in [1.165, 1.54) is 0 Å². The second-order valence-electron chi connectivity index (χ2n) is 3.17. The van der Waals surface area contributed by atoms with Crippen molar-refractivity contribution in [2.45, 2.75) is 6.54 Å². The molecule has 0 unspecified atom stereocenters. The molecule has 86 valence electrons. The van der Waals surface area contributed by atoms with Crippen LogP contribution in [0, 0.1) is 5.39 Å². The van der Waals surface area contributed by atoms with Crippen molar-refractivity contribution in [3.05, 3.63) is 34.8 Å². The van der Waals surface area contributed by atoms with Crippen LogP contribution in [-0.4, -0.2) is 30.1 Å². The van der Waals surface area contributed by atoms with Crippen molar-refractivity contribution >= 4 is 14.0 Å². The minimum absolute atomic E-state index is 0.280. The van der Waals surface area contributed by atoms with Gasteiger partial charge in [-0.15, -0.1) is 0 Å². The maximum atomic E-state index is 8.45. The first kappa shape index (κ1) is 12.8. The molecule has 0 aliphatic heterocycles. The van der Waals surface area contributed by atoms with Crippen LogP contribution in [0.25, 0.3) is 4.98 Å². The molecule has 0 fully saturated rings. The van der Waals surface area contributed by atoms with Crippen LogP contribution >= 0.6 is 0 Å². The highest BCUT2D eigenvalue weighted by Gasteiger charge is 2.40. The highest BCUT2D eigenvalue weighted by molar-refractivity contribution is 6.75. The van der Waals surface area contributed by atoms with Crippen molar-refractivity contribution in [3.63, 3.8) is 0 Å². The van der Waals surface area contributed by atoms with Crippen molar-refractivity contribution in [2.75, 3.05) is 21.3 Å². The molecule has 0 saturated heterocycles. The minimum Gasteiger partial charge on any atom is -0.373 e. The molecule has 0 heterocycles. The molecule has 0 spiro atoms. The van der Waals surface area contributed by atoms with Gasteiger partial charge in [0, 0.05) is 32.1 Å². The van der Waals surface area contributed by atoms with E-state index in [4.69, 9.17) is 18.7 Å². The lowest BCUT2D eigenvalue weighted by Crippen LogP contribution is -2.54. The maximum Gasteiger partial charge on any atom is 0.536 e. The van der Waals surface area contributed by atoms with Crippen molar-refractivity contribution in [1.82, 2.24) is 0 Å². The van der Waals surface area contributed by atoms with E-state index < -0.39 is 8.80 Å². The number of rotatable bonds is 5. The lowest BCUT2D eigenvalue weighted by Gasteiger charge is -2.24. The predicted molar refractivity (Wildman–Crippen MR) is 61.6 cm³/mol. The van der Waals surface area contributed by atoms with Gasteiger partial charge in [0.1, 0.15) is 4.98 Å². The highest BCUT2D eigenvalue weighted by Crippen LogP contribution is 2.08. The zero-order valence-corrected chi connectivity index (χ0v) is 10.6. The fourth-order valence-corrected chi connectivity index (χ4v) is 3.28. The first-order valence-corrected chi connectivity index (χ1v) is 6.50. The molecule has 1 rings (SSSR count). The average molecular weight is 239 g/mol. The van der Waals surface area contributed by atoms with Crippen LogP contribution in [-0.2, 0) is 19.8 Å². The highest BCUT2D eigenvalue weighted by atomic mass is 28.4. The molecule has 0 atom stereocenters. The molecule has 0 aliphatic carbocycles. The van der Waals surface area contributed by atoms with Crippen molar-refractivity contribution in [2.24, 2.45) is 0 Å². The van der Waals surface area contributed by atoms with Crippen LogP contribution in [0.3, 0.4) is 0 Å². The molecule has 5 nitrogen and oxygen atoms in total. The fraction of sp³-hybridized carbons (Fsp3) is 0.400. The Morgan fingerprint density at radius 2 is 1.56 bits per heavy atom. The SMILES string of the molecule is CO[Si](OC)(OC)c1ccc(C[N+]#N)cc1. The Bertz CT molecular complexity index is 362. The lowest BCUT2D eigenvalue weighted by molar-refractivity contribution is 0.140. The summed E-state index contributed by atoms with van der Waals surface area (Å²) in [6.07, 6.45) is 0. The Hall–Kier alpha value is -1.26. The van der Waals surface area contributed by atoms with Crippen LogP contribution in [0.5, 0.6) is 0 Å². The molecule has 16 heavy (non-hydrogen) atoms. The Balaban J connectivity index is 2.99. The van der Waals surface area contributed by atoms with E-state index in [9.17, 15) is 0 Å². The van der Waals surface area contributed by atoms with Gasteiger partial charge in [0.15, 0.2) is 0 Å². The quantitative estimate of drug-likeness (QED) is 0.571. The van der Waals surface area contributed by atoms with E-state index in [2.05, 4.69) is 4.98 Å². The monoisotopic (exact) mass is 239 g/mol. The third-order valence-electron chi connectivity index (χ3n) is 2.37. The van der Waals surface area contributed by atoms with E-state index in [1.54, 1.807) is 21.3 Å². The summed E-state index contributed by atoms with van der Waals surface area (Å²) in [6.45, 7) is 0.280. The van der Waals surface area contributed by atoms with Crippen LogP contribution in [0.1, 0.15) is 5.56 Å². The first-order valence-electron chi connectivity index (χ1n) is 4.78. The molecule has 0 saturated carbocycles. The van der Waals surface area contributed by atoms with Crippen LogP contribution in [0.4, 0.5) is 0 Å². The lowest BCUT2D eigenvalue weighted by atomic mass is 10.2. The number of hydrogen-bond acceptors (Lipinski definition) is 4. The summed E-state index contributed by atoms with van der Waals surface area (Å²) in [7, 11) is 1.96. The van der Waals surface area contributed by atoms with E-state index >= 15 is 0 Å². The summed E-state index contributed by atoms with van der Waals surface area (Å²) in [5.74, 6) is 0. The van der Waals surface area contributed by atoms with E-state index in [0.717, 1.165) is 10.8 Å². The summed E-state index contributed by atoms with van der Waals surface area (Å²) in [4.78, 5) is 3.08. The largest absolute Gasteiger partial charge is 0.536 e. The van der Waals surface area contributed by atoms with Crippen LogP contribution < -0.4 is 5.19 Å². The van der Waals surface area contributed by atoms with Gasteiger partial charge in [0.2, 0.25) is 5.39 Å². The minimum atomic E-state index is -2.73. The molecule has 0 bridgehead atoms. The van der Waals surface area contributed by atoms with Gasteiger partial charge in [-0.25, -0.2) is 0 Å². The third kappa shape index (κ3) is 2.45. The average Bonchev–Trinajstić information content (AvgIpc) is 2.34. The van der Waals surface area contributed by atoms with Crippen molar-refractivity contribution < 1.29 is 13.3 Å². The van der Waals surface area contributed by atoms with E-state index in [-0.39, 0.29) is 6.54 Å². The molecular weight excluding hydrogens is 224 g/mol. The molecule has 0 amide bonds. The van der Waals surface area contributed by atoms with E-state index in [0.29, 0.717) is 0 Å². The second-order valence-corrected chi connectivity index (χ2v) is 6.08. The normalized spacial score (nSPS) is 11.1. The first-order chi connectivity index (χ1) is 7.72. The zero-order valence-electron chi connectivity index (χ0n) is 9.64. The van der Waals surface area contributed by atoms with Gasteiger partial charge < -0.3 is 13.3 Å². The Morgan fingerprint density at radius 1 is 1.06 bits per heavy atom. The van der Waals surface area contributed by atoms with Crippen molar-refractivity contribution in [1.29, 1.82) is 5.39 Å². The van der Waals surface area contributed by atoms with Gasteiger partial charge in [-0.1, -0.05) is 24.3 Å². The molecular formula is C10H15N2O3Si+. The Kier molecular flexibility index (Phi) is 4.58. The zero-order chi connectivity index (χ0) is 12.0. The molecule has 0 aliphatic rings. The fourth-order valence-electron chi connectivity index (χ4n) is 1.50. The molecule has 0 radical (unpaired) electrons. The summed E-state index contributed by atoms with van der Waals surface area (Å²) < 4.78 is 16.0. The Morgan fingerprint density at radius 3 is 1.94 bits per heavy atom. The van der Waals surface area contributed by atoms with Gasteiger partial charge >= 0.3 is 15.3 Å². The number of hydrogen-bond donors (Lipinski definition) is 0.